The van der Waals surface area contributed by atoms with Gasteiger partial charge < -0.3 is 15.7 Å². The number of carbonyl (C=O) groups is 2. The van der Waals surface area contributed by atoms with Crippen LogP contribution in [0.1, 0.15) is 24.8 Å². The van der Waals surface area contributed by atoms with Crippen LogP contribution in [-0.4, -0.2) is 23.1 Å². The van der Waals surface area contributed by atoms with Crippen LogP contribution in [-0.2, 0) is 11.3 Å². The molecule has 0 heterocycles. The molecule has 3 N–H and O–H groups in total. The van der Waals surface area contributed by atoms with Gasteiger partial charge in [-0.25, -0.2) is 4.79 Å². The lowest BCUT2D eigenvalue weighted by Crippen LogP contribution is -2.40. The van der Waals surface area contributed by atoms with Gasteiger partial charge in [-0.3, -0.25) is 4.79 Å². The van der Waals surface area contributed by atoms with E-state index in [-0.39, 0.29) is 18.0 Å². The number of nitrogens with one attached hydrogen (secondary N) is 2. The van der Waals surface area contributed by atoms with Gasteiger partial charge in [0.2, 0.25) is 0 Å². The van der Waals surface area contributed by atoms with Crippen LogP contribution in [0.2, 0.25) is 0 Å². The summed E-state index contributed by atoms with van der Waals surface area (Å²) >= 11 is 3.42. The van der Waals surface area contributed by atoms with Crippen LogP contribution >= 0.6 is 15.9 Å². The van der Waals surface area contributed by atoms with Crippen molar-refractivity contribution in [3.05, 3.63) is 34.3 Å². The highest BCUT2D eigenvalue weighted by molar-refractivity contribution is 9.10. The number of aliphatic carboxylic acids is 1. The van der Waals surface area contributed by atoms with Gasteiger partial charge in [0.15, 0.2) is 0 Å². The Kier molecular flexibility index (Phi) is 5.00. The Labute approximate surface area is 125 Å². The third-order valence-electron chi connectivity index (χ3n) is 3.51. The van der Waals surface area contributed by atoms with E-state index in [9.17, 15) is 9.59 Å². The van der Waals surface area contributed by atoms with Crippen LogP contribution in [0.5, 0.6) is 0 Å². The molecule has 1 saturated carbocycles. The highest BCUT2D eigenvalue weighted by Crippen LogP contribution is 2.25. The van der Waals surface area contributed by atoms with E-state index in [1.165, 1.54) is 0 Å². The zero-order valence-electron chi connectivity index (χ0n) is 10.9. The topological polar surface area (TPSA) is 78.4 Å². The minimum Gasteiger partial charge on any atom is -0.481 e. The Hall–Kier alpha value is -1.56. The normalized spacial score (nSPS) is 21.4. The number of halogens is 1. The predicted octanol–water partition coefficient (Wildman–Crippen LogP) is 2.50. The van der Waals surface area contributed by atoms with Gasteiger partial charge in [0, 0.05) is 17.1 Å². The fourth-order valence-electron chi connectivity index (χ4n) is 2.39. The summed E-state index contributed by atoms with van der Waals surface area (Å²) in [5.74, 6) is -1.11. The SMILES string of the molecule is O=C(NCc1ccccc1Br)NC1CCC(C(=O)O)C1. The maximum Gasteiger partial charge on any atom is 0.315 e. The Balaban J connectivity index is 1.77. The van der Waals surface area contributed by atoms with Gasteiger partial charge in [0.05, 0.1) is 5.92 Å². The molecule has 6 heteroatoms. The summed E-state index contributed by atoms with van der Waals surface area (Å²) in [7, 11) is 0. The molecule has 108 valence electrons. The quantitative estimate of drug-likeness (QED) is 0.787. The first kappa shape index (κ1) is 14.8. The number of urea groups is 1. The third kappa shape index (κ3) is 3.96. The summed E-state index contributed by atoms with van der Waals surface area (Å²) in [6.45, 7) is 0.433. The fourth-order valence-corrected chi connectivity index (χ4v) is 2.82. The monoisotopic (exact) mass is 340 g/mol. The predicted molar refractivity (Wildman–Crippen MR) is 78.3 cm³/mol. The van der Waals surface area contributed by atoms with E-state index in [0.717, 1.165) is 16.5 Å². The highest BCUT2D eigenvalue weighted by atomic mass is 79.9. The molecule has 0 saturated heterocycles. The Bertz CT molecular complexity index is 507. The van der Waals surface area contributed by atoms with Crippen molar-refractivity contribution in [3.63, 3.8) is 0 Å². The molecule has 2 atom stereocenters. The van der Waals surface area contributed by atoms with E-state index < -0.39 is 5.97 Å². The molecular formula is C14H17BrN2O3. The van der Waals surface area contributed by atoms with Crippen molar-refractivity contribution in [2.24, 2.45) is 5.92 Å². The molecule has 1 fully saturated rings. The molecule has 1 aromatic carbocycles. The first-order valence-electron chi connectivity index (χ1n) is 6.57. The van der Waals surface area contributed by atoms with Crippen LogP contribution in [0.3, 0.4) is 0 Å². The Morgan fingerprint density at radius 2 is 2.05 bits per heavy atom. The maximum atomic E-state index is 11.8. The number of carbonyl (C=O) groups excluding carboxylic acids is 1. The standard InChI is InChI=1S/C14H17BrN2O3/c15-12-4-2-1-3-10(12)8-16-14(20)17-11-6-5-9(7-11)13(18)19/h1-4,9,11H,5-8H2,(H,18,19)(H2,16,17,20). The van der Waals surface area contributed by atoms with E-state index in [2.05, 4.69) is 26.6 Å². The van der Waals surface area contributed by atoms with E-state index in [1.807, 2.05) is 24.3 Å². The number of hydrogen-bond acceptors (Lipinski definition) is 2. The minimum atomic E-state index is -0.775. The van der Waals surface area contributed by atoms with E-state index in [0.29, 0.717) is 19.4 Å². The number of rotatable bonds is 4. The molecule has 20 heavy (non-hydrogen) atoms. The molecule has 1 aliphatic carbocycles. The summed E-state index contributed by atoms with van der Waals surface area (Å²) in [4.78, 5) is 22.6. The van der Waals surface area contributed by atoms with Crippen LogP contribution in [0.15, 0.2) is 28.7 Å². The van der Waals surface area contributed by atoms with Crippen LogP contribution in [0, 0.1) is 5.92 Å². The summed E-state index contributed by atoms with van der Waals surface area (Å²) < 4.78 is 0.951. The second-order valence-corrected chi connectivity index (χ2v) is 5.82. The second kappa shape index (κ2) is 6.74. The van der Waals surface area contributed by atoms with Crippen molar-refractivity contribution in [1.82, 2.24) is 10.6 Å². The number of amides is 2. The van der Waals surface area contributed by atoms with Crippen molar-refractivity contribution >= 4 is 27.9 Å². The molecule has 2 rings (SSSR count). The largest absolute Gasteiger partial charge is 0.481 e. The lowest BCUT2D eigenvalue weighted by atomic mass is 10.1. The molecule has 2 amide bonds. The zero-order chi connectivity index (χ0) is 14.5. The van der Waals surface area contributed by atoms with E-state index in [1.54, 1.807) is 0 Å². The molecular weight excluding hydrogens is 324 g/mol. The number of hydrogen-bond donors (Lipinski definition) is 3. The maximum absolute atomic E-state index is 11.8. The van der Waals surface area contributed by atoms with Crippen LogP contribution in [0.4, 0.5) is 4.79 Å². The van der Waals surface area contributed by atoms with Crippen LogP contribution in [0.25, 0.3) is 0 Å². The van der Waals surface area contributed by atoms with Gasteiger partial charge in [0.1, 0.15) is 0 Å². The highest BCUT2D eigenvalue weighted by Gasteiger charge is 2.30. The average Bonchev–Trinajstić information content (AvgIpc) is 2.86. The van der Waals surface area contributed by atoms with Crippen LogP contribution < -0.4 is 10.6 Å². The van der Waals surface area contributed by atoms with Crippen molar-refractivity contribution < 1.29 is 14.7 Å². The third-order valence-corrected chi connectivity index (χ3v) is 4.29. The summed E-state index contributed by atoms with van der Waals surface area (Å²) in [5.41, 5.74) is 0.998. The van der Waals surface area contributed by atoms with E-state index >= 15 is 0 Å². The fraction of sp³-hybridized carbons (Fsp3) is 0.429. The minimum absolute atomic E-state index is 0.0460. The number of carboxylic acid groups (broad SMARTS) is 1. The first-order chi connectivity index (χ1) is 9.56. The second-order valence-electron chi connectivity index (χ2n) is 4.96. The Morgan fingerprint density at radius 1 is 1.30 bits per heavy atom. The molecule has 1 aliphatic rings. The Morgan fingerprint density at radius 3 is 2.70 bits per heavy atom. The summed E-state index contributed by atoms with van der Waals surface area (Å²) in [6.07, 6.45) is 1.86. The van der Waals surface area contributed by atoms with Gasteiger partial charge in [-0.15, -0.1) is 0 Å². The van der Waals surface area contributed by atoms with Crippen molar-refractivity contribution in [1.29, 1.82) is 0 Å². The summed E-state index contributed by atoms with van der Waals surface area (Å²) in [6, 6.07) is 7.38. The number of benzene rings is 1. The molecule has 0 aromatic heterocycles. The van der Waals surface area contributed by atoms with Gasteiger partial charge in [-0.1, -0.05) is 34.1 Å². The van der Waals surface area contributed by atoms with Crippen molar-refractivity contribution in [2.45, 2.75) is 31.8 Å². The first-order valence-corrected chi connectivity index (χ1v) is 7.36. The molecule has 0 bridgehead atoms. The molecule has 5 nitrogen and oxygen atoms in total. The van der Waals surface area contributed by atoms with E-state index in [4.69, 9.17) is 5.11 Å². The number of carboxylic acids is 1. The molecule has 0 aliphatic heterocycles. The molecule has 1 aromatic rings. The molecule has 0 spiro atoms. The van der Waals surface area contributed by atoms with Crippen molar-refractivity contribution in [3.8, 4) is 0 Å². The lowest BCUT2D eigenvalue weighted by Gasteiger charge is -2.14. The summed E-state index contributed by atoms with van der Waals surface area (Å²) in [5, 5.41) is 14.5. The van der Waals surface area contributed by atoms with Gasteiger partial charge >= 0.3 is 12.0 Å². The smallest absolute Gasteiger partial charge is 0.315 e. The van der Waals surface area contributed by atoms with Gasteiger partial charge in [-0.05, 0) is 30.9 Å². The molecule has 2 unspecified atom stereocenters. The van der Waals surface area contributed by atoms with Crippen molar-refractivity contribution in [2.75, 3.05) is 0 Å². The molecule has 0 radical (unpaired) electrons. The lowest BCUT2D eigenvalue weighted by molar-refractivity contribution is -0.141. The van der Waals surface area contributed by atoms with Gasteiger partial charge in [-0.2, -0.15) is 0 Å². The zero-order valence-corrected chi connectivity index (χ0v) is 12.5. The van der Waals surface area contributed by atoms with Gasteiger partial charge in [0.25, 0.3) is 0 Å². The average molecular weight is 341 g/mol.